The highest BCUT2D eigenvalue weighted by molar-refractivity contribution is 6.30. The molecule has 1 aliphatic rings. The fourth-order valence-corrected chi connectivity index (χ4v) is 2.80. The Kier molecular flexibility index (Phi) is 6.72. The van der Waals surface area contributed by atoms with E-state index >= 15 is 0 Å². The van der Waals surface area contributed by atoms with Gasteiger partial charge in [-0.15, -0.1) is 0 Å². The molecule has 1 heterocycles. The van der Waals surface area contributed by atoms with Crippen molar-refractivity contribution in [1.29, 1.82) is 0 Å². The Morgan fingerprint density at radius 3 is 2.45 bits per heavy atom. The average Bonchev–Trinajstić information content (AvgIpc) is 2.72. The van der Waals surface area contributed by atoms with Crippen LogP contribution in [0, 0.1) is 0 Å². The molecule has 0 spiro atoms. The van der Waals surface area contributed by atoms with Gasteiger partial charge in [-0.3, -0.25) is 14.4 Å². The van der Waals surface area contributed by atoms with Crippen LogP contribution < -0.4 is 14.8 Å². The molecule has 1 atom stereocenters. The van der Waals surface area contributed by atoms with E-state index in [0.717, 1.165) is 0 Å². The predicted molar refractivity (Wildman–Crippen MR) is 107 cm³/mol. The van der Waals surface area contributed by atoms with Crippen molar-refractivity contribution in [2.75, 3.05) is 18.5 Å². The number of rotatable bonds is 7. The molecule has 7 nitrogen and oxygen atoms in total. The van der Waals surface area contributed by atoms with Gasteiger partial charge in [0.1, 0.15) is 13.2 Å². The number of nitrogens with one attached hydrogen (secondary N) is 1. The number of amides is 1. The average molecular weight is 418 g/mol. The molecule has 1 unspecified atom stereocenters. The molecule has 8 heteroatoms. The number of fused-ring (bicyclic) bond motifs is 1. The van der Waals surface area contributed by atoms with Crippen molar-refractivity contribution in [2.24, 2.45) is 0 Å². The van der Waals surface area contributed by atoms with Crippen molar-refractivity contribution in [3.63, 3.8) is 0 Å². The molecule has 3 rings (SSSR count). The van der Waals surface area contributed by atoms with Gasteiger partial charge >= 0.3 is 5.97 Å². The third-order valence-electron chi connectivity index (χ3n) is 4.21. The molecule has 1 amide bonds. The van der Waals surface area contributed by atoms with Gasteiger partial charge in [0.05, 0.1) is 6.42 Å². The molecule has 0 saturated carbocycles. The summed E-state index contributed by atoms with van der Waals surface area (Å²) in [4.78, 5) is 36.3. The second kappa shape index (κ2) is 9.43. The van der Waals surface area contributed by atoms with Gasteiger partial charge in [0.25, 0.3) is 5.91 Å². The number of Topliss-reactive ketones (excluding diaryl/α,β-unsaturated/α-hetero) is 1. The molecule has 0 radical (unpaired) electrons. The van der Waals surface area contributed by atoms with Crippen LogP contribution in [0.5, 0.6) is 11.5 Å². The van der Waals surface area contributed by atoms with Gasteiger partial charge in [-0.2, -0.15) is 0 Å². The third kappa shape index (κ3) is 5.71. The molecular formula is C21H20ClNO6. The quantitative estimate of drug-likeness (QED) is 0.546. The number of hydrogen-bond acceptors (Lipinski definition) is 6. The lowest BCUT2D eigenvalue weighted by Gasteiger charge is -2.19. The lowest BCUT2D eigenvalue weighted by atomic mass is 10.1. The first-order valence-corrected chi connectivity index (χ1v) is 9.49. The van der Waals surface area contributed by atoms with E-state index in [1.54, 1.807) is 42.5 Å². The Labute approximate surface area is 172 Å². The highest BCUT2D eigenvalue weighted by Gasteiger charge is 2.20. The summed E-state index contributed by atoms with van der Waals surface area (Å²) in [6.45, 7) is 2.38. The molecular weight excluding hydrogens is 398 g/mol. The zero-order valence-electron chi connectivity index (χ0n) is 15.8. The summed E-state index contributed by atoms with van der Waals surface area (Å²) < 4.78 is 16.0. The van der Waals surface area contributed by atoms with E-state index in [4.69, 9.17) is 25.8 Å². The summed E-state index contributed by atoms with van der Waals surface area (Å²) in [6.07, 6.45) is -1.15. The second-order valence-electron chi connectivity index (χ2n) is 6.41. The van der Waals surface area contributed by atoms with E-state index in [2.05, 4.69) is 5.32 Å². The predicted octanol–water partition coefficient (Wildman–Crippen LogP) is 3.64. The van der Waals surface area contributed by atoms with E-state index < -0.39 is 18.0 Å². The van der Waals surface area contributed by atoms with Crippen LogP contribution in [0.3, 0.4) is 0 Å². The number of anilines is 1. The van der Waals surface area contributed by atoms with Crippen LogP contribution in [0.4, 0.5) is 5.69 Å². The number of ether oxygens (including phenoxy) is 3. The van der Waals surface area contributed by atoms with Crippen LogP contribution in [-0.4, -0.2) is 37.0 Å². The number of benzene rings is 2. The molecule has 152 valence electrons. The highest BCUT2D eigenvalue weighted by Crippen LogP contribution is 2.32. The van der Waals surface area contributed by atoms with E-state index in [9.17, 15) is 14.4 Å². The van der Waals surface area contributed by atoms with Crippen molar-refractivity contribution >= 4 is 34.9 Å². The Hall–Kier alpha value is -3.06. The summed E-state index contributed by atoms with van der Waals surface area (Å²) in [5.74, 6) is -0.165. The number of hydrogen-bond donors (Lipinski definition) is 1. The number of halogens is 1. The first-order chi connectivity index (χ1) is 13.9. The number of carbonyl (C=O) groups is 3. The molecule has 2 aromatic carbocycles. The maximum absolute atomic E-state index is 12.3. The van der Waals surface area contributed by atoms with Gasteiger partial charge in [-0.25, -0.2) is 0 Å². The van der Waals surface area contributed by atoms with Crippen molar-refractivity contribution in [2.45, 2.75) is 25.9 Å². The molecule has 1 aliphatic heterocycles. The van der Waals surface area contributed by atoms with Crippen molar-refractivity contribution in [3.8, 4) is 11.5 Å². The largest absolute Gasteiger partial charge is 0.486 e. The van der Waals surface area contributed by atoms with Gasteiger partial charge in [0.15, 0.2) is 23.4 Å². The van der Waals surface area contributed by atoms with Crippen LogP contribution in [0.2, 0.25) is 5.02 Å². The van der Waals surface area contributed by atoms with Crippen LogP contribution in [-0.2, 0) is 14.3 Å². The SMILES string of the molecule is CC(OC(=O)CCC(=O)c1ccc(Cl)cc1)C(=O)Nc1ccc2c(c1)OCCO2. The second-order valence-corrected chi connectivity index (χ2v) is 6.85. The summed E-state index contributed by atoms with van der Waals surface area (Å²) in [7, 11) is 0. The van der Waals surface area contributed by atoms with Crippen LogP contribution in [0.25, 0.3) is 0 Å². The standard InChI is InChI=1S/C21H20ClNO6/c1-13(21(26)23-16-6-8-18-19(12-16)28-11-10-27-18)29-20(25)9-7-17(24)14-2-4-15(22)5-3-14/h2-6,8,12-13H,7,9-11H2,1H3,(H,23,26). The van der Waals surface area contributed by atoms with Crippen LogP contribution in [0.1, 0.15) is 30.1 Å². The fourth-order valence-electron chi connectivity index (χ4n) is 2.67. The van der Waals surface area contributed by atoms with E-state index in [-0.39, 0.29) is 18.6 Å². The minimum Gasteiger partial charge on any atom is -0.486 e. The lowest BCUT2D eigenvalue weighted by molar-refractivity contribution is -0.153. The highest BCUT2D eigenvalue weighted by atomic mass is 35.5. The first-order valence-electron chi connectivity index (χ1n) is 9.11. The van der Waals surface area contributed by atoms with Gasteiger partial charge in [0, 0.05) is 28.8 Å². The summed E-state index contributed by atoms with van der Waals surface area (Å²) in [5, 5.41) is 3.19. The summed E-state index contributed by atoms with van der Waals surface area (Å²) in [5.41, 5.74) is 0.965. The molecule has 0 saturated heterocycles. The molecule has 0 fully saturated rings. The van der Waals surface area contributed by atoms with Crippen LogP contribution in [0.15, 0.2) is 42.5 Å². The minimum absolute atomic E-state index is 0.0169. The third-order valence-corrected chi connectivity index (χ3v) is 4.46. The molecule has 0 aromatic heterocycles. The topological polar surface area (TPSA) is 90.9 Å². The van der Waals surface area contributed by atoms with Crippen molar-refractivity contribution in [1.82, 2.24) is 0 Å². The maximum Gasteiger partial charge on any atom is 0.307 e. The number of ketones is 1. The normalized spacial score (nSPS) is 13.3. The molecule has 2 aromatic rings. The first kappa shape index (κ1) is 20.7. The Morgan fingerprint density at radius 1 is 1.03 bits per heavy atom. The maximum atomic E-state index is 12.3. The zero-order valence-corrected chi connectivity index (χ0v) is 16.5. The Balaban J connectivity index is 1.47. The van der Waals surface area contributed by atoms with Crippen molar-refractivity contribution in [3.05, 3.63) is 53.1 Å². The molecule has 29 heavy (non-hydrogen) atoms. The number of carbonyl (C=O) groups excluding carboxylic acids is 3. The molecule has 1 N–H and O–H groups in total. The van der Waals surface area contributed by atoms with Crippen molar-refractivity contribution < 1.29 is 28.6 Å². The monoisotopic (exact) mass is 417 g/mol. The van der Waals surface area contributed by atoms with E-state index in [1.807, 2.05) is 0 Å². The summed E-state index contributed by atoms with van der Waals surface area (Å²) in [6, 6.07) is 11.4. The van der Waals surface area contributed by atoms with Gasteiger partial charge in [0.2, 0.25) is 0 Å². The fraction of sp³-hybridized carbons (Fsp3) is 0.286. The Bertz CT molecular complexity index is 912. The van der Waals surface area contributed by atoms with Gasteiger partial charge in [-0.1, -0.05) is 11.6 Å². The smallest absolute Gasteiger partial charge is 0.307 e. The van der Waals surface area contributed by atoms with Crippen LogP contribution >= 0.6 is 11.6 Å². The molecule has 0 bridgehead atoms. The van der Waals surface area contributed by atoms with E-state index in [1.165, 1.54) is 6.92 Å². The van der Waals surface area contributed by atoms with Gasteiger partial charge < -0.3 is 19.5 Å². The molecule has 0 aliphatic carbocycles. The minimum atomic E-state index is -1.01. The van der Waals surface area contributed by atoms with Gasteiger partial charge in [-0.05, 0) is 43.3 Å². The zero-order chi connectivity index (χ0) is 20.8. The number of esters is 1. The Morgan fingerprint density at radius 2 is 1.72 bits per heavy atom. The van der Waals surface area contributed by atoms with E-state index in [0.29, 0.717) is 41.0 Å². The summed E-state index contributed by atoms with van der Waals surface area (Å²) >= 11 is 5.79. The lowest BCUT2D eigenvalue weighted by Crippen LogP contribution is -2.30.